The third kappa shape index (κ3) is 8.36. The molecule has 176 valence electrons. The first-order valence-electron chi connectivity index (χ1n) is 9.64. The monoisotopic (exact) mass is 608 g/mol. The van der Waals surface area contributed by atoms with Crippen LogP contribution in [0.2, 0.25) is 0 Å². The fourth-order valence-corrected chi connectivity index (χ4v) is 9.36. The summed E-state index contributed by atoms with van der Waals surface area (Å²) < 4.78 is 59.6. The number of rotatable bonds is 5. The summed E-state index contributed by atoms with van der Waals surface area (Å²) in [7, 11) is 0.510. The topological polar surface area (TPSA) is 0 Å². The van der Waals surface area contributed by atoms with Crippen LogP contribution in [0.3, 0.4) is 0 Å². The molecule has 4 rings (SSSR count). The molecule has 0 radical (unpaired) electrons. The Morgan fingerprint density at radius 1 is 0.455 bits per heavy atom. The molecule has 0 spiro atoms. The zero-order valence-corrected chi connectivity index (χ0v) is 21.3. The summed E-state index contributed by atoms with van der Waals surface area (Å²) in [5, 5.41) is 0. The van der Waals surface area contributed by atoms with Crippen molar-refractivity contribution in [2.45, 2.75) is 19.6 Å². The first kappa shape index (κ1) is 25.6. The Morgan fingerprint density at radius 2 is 0.697 bits per heavy atom. The van der Waals surface area contributed by atoms with E-state index < -0.39 is 28.5 Å². The minimum Gasteiger partial charge on any atom is -0.106 e. The van der Waals surface area contributed by atoms with E-state index in [0.29, 0.717) is 0 Å². The zero-order chi connectivity index (χ0) is 24.1. The van der Waals surface area contributed by atoms with Gasteiger partial charge in [0.1, 0.15) is 0 Å². The fourth-order valence-electron chi connectivity index (χ4n) is 3.01. The summed E-state index contributed by atoms with van der Waals surface area (Å²) in [4.78, 5) is 5.39. The second-order valence-electron chi connectivity index (χ2n) is 6.85. The molecule has 0 fully saturated rings. The predicted octanol–water partition coefficient (Wildman–Crippen LogP) is 9.93. The van der Waals surface area contributed by atoms with E-state index in [1.165, 1.54) is 19.6 Å². The van der Waals surface area contributed by atoms with Gasteiger partial charge in [0.25, 0.3) is 0 Å². The Balaban J connectivity index is 0.000000449. The average molecular weight is 609 g/mol. The maximum Gasteiger partial charge on any atom is 1.00 e. The molecule has 9 heteroatoms. The van der Waals surface area contributed by atoms with Crippen molar-refractivity contribution in [3.05, 3.63) is 121 Å². The summed E-state index contributed by atoms with van der Waals surface area (Å²) >= 11 is -11.2. The van der Waals surface area contributed by atoms with Gasteiger partial charge in [0, 0.05) is 19.6 Å². The smallest absolute Gasteiger partial charge is 0.106 e. The minimum absolute atomic E-state index is 0. The van der Waals surface area contributed by atoms with E-state index in [0.717, 1.165) is 0 Å². The SMILES string of the molecule is [F][Sb-]([F])([F])([F])([F])[F].[H+].c1ccc(SS(c2ccccc2)(c2ccccc2)c2ccccc2)cc1. The number of hydrogen-bond acceptors (Lipinski definition) is 1. The number of halogens is 6. The van der Waals surface area contributed by atoms with Gasteiger partial charge in [-0.25, -0.2) is 0 Å². The van der Waals surface area contributed by atoms with Gasteiger partial charge >= 0.3 is 37.8 Å². The van der Waals surface area contributed by atoms with Gasteiger partial charge in [0.2, 0.25) is 0 Å². The van der Waals surface area contributed by atoms with Crippen molar-refractivity contribution in [3.8, 4) is 0 Å². The van der Waals surface area contributed by atoms with E-state index in [4.69, 9.17) is 0 Å². The molecule has 33 heavy (non-hydrogen) atoms. The molecule has 0 aliphatic carbocycles. The van der Waals surface area contributed by atoms with Gasteiger partial charge in [-0.05, 0) is 48.5 Å². The molecule has 0 saturated carbocycles. The van der Waals surface area contributed by atoms with Gasteiger partial charge in [-0.3, -0.25) is 0 Å². The number of hydrogen-bond donors (Lipinski definition) is 0. The largest absolute Gasteiger partial charge is 1.00 e. The Kier molecular flexibility index (Phi) is 7.23. The van der Waals surface area contributed by atoms with Gasteiger partial charge < -0.3 is 0 Å². The Hall–Kier alpha value is -2.02. The quantitative estimate of drug-likeness (QED) is 0.123. The third-order valence-electron chi connectivity index (χ3n) is 4.19. The van der Waals surface area contributed by atoms with Gasteiger partial charge in [0.05, 0.1) is 0 Å². The van der Waals surface area contributed by atoms with Crippen LogP contribution in [0.1, 0.15) is 1.43 Å². The Bertz CT molecular complexity index is 1050. The summed E-state index contributed by atoms with van der Waals surface area (Å²) in [5.41, 5.74) is 0. The van der Waals surface area contributed by atoms with Crippen molar-refractivity contribution >= 4 is 39.3 Å². The molecular weight excluding hydrogens is 588 g/mol. The van der Waals surface area contributed by atoms with E-state index in [9.17, 15) is 16.9 Å². The fraction of sp³-hybridized carbons (Fsp3) is 0. The molecular formula is C24H21F6S2Sb. The second-order valence-corrected chi connectivity index (χ2v) is 17.5. The van der Waals surface area contributed by atoms with E-state index in [-0.39, 0.29) is 1.43 Å². The van der Waals surface area contributed by atoms with Crippen molar-refractivity contribution in [1.82, 2.24) is 0 Å². The van der Waals surface area contributed by atoms with Crippen LogP contribution >= 0.6 is 19.9 Å². The maximum atomic E-state index is 9.93. The van der Waals surface area contributed by atoms with Crippen LogP contribution in [-0.4, -0.2) is 19.5 Å². The standard InChI is InChI=1S/C24H20S2.6FH.Sb/c1-5-13-21(14-6-1)25-26(22-15-7-2-8-16-22,23-17-9-3-10-18-23)24-19-11-4-12-20-24;;;;;;;/h1-20H;6*1H;/q;;;;;;;+5/p-5. The van der Waals surface area contributed by atoms with Crippen molar-refractivity contribution in [2.24, 2.45) is 0 Å². The normalized spacial score (nSPS) is 14.2. The van der Waals surface area contributed by atoms with E-state index in [1.807, 2.05) is 10.8 Å². The summed E-state index contributed by atoms with van der Waals surface area (Å²) in [5.74, 6) is 0. The van der Waals surface area contributed by atoms with Crippen molar-refractivity contribution in [1.29, 1.82) is 0 Å². The molecule has 4 aromatic carbocycles. The molecule has 0 amide bonds. The minimum atomic E-state index is -11.2. The van der Waals surface area contributed by atoms with Crippen LogP contribution < -0.4 is 0 Å². The van der Waals surface area contributed by atoms with Crippen LogP contribution in [0.15, 0.2) is 141 Å². The first-order valence-corrected chi connectivity index (χ1v) is 18.4. The first-order chi connectivity index (χ1) is 15.3. The van der Waals surface area contributed by atoms with Crippen LogP contribution in [-0.2, 0) is 0 Å². The molecule has 0 nitrogen and oxygen atoms in total. The molecule has 0 aromatic heterocycles. The molecule has 0 bridgehead atoms. The van der Waals surface area contributed by atoms with Crippen LogP contribution in [0.25, 0.3) is 0 Å². The van der Waals surface area contributed by atoms with Crippen LogP contribution in [0.5, 0.6) is 0 Å². The zero-order valence-electron chi connectivity index (χ0n) is 18.1. The molecule has 0 saturated heterocycles. The predicted molar refractivity (Wildman–Crippen MR) is 128 cm³/mol. The molecule has 4 aromatic rings. The molecule has 0 N–H and O–H groups in total. The van der Waals surface area contributed by atoms with Gasteiger partial charge in [-0.1, -0.05) is 83.6 Å². The van der Waals surface area contributed by atoms with Gasteiger partial charge in [-0.15, -0.1) is 9.06 Å². The van der Waals surface area contributed by atoms with Gasteiger partial charge in [0.15, 0.2) is 0 Å². The van der Waals surface area contributed by atoms with Crippen LogP contribution in [0.4, 0.5) is 16.9 Å². The van der Waals surface area contributed by atoms with E-state index >= 15 is 0 Å². The van der Waals surface area contributed by atoms with Gasteiger partial charge in [-0.2, -0.15) is 0 Å². The average Bonchev–Trinajstić information content (AvgIpc) is 2.78. The summed E-state index contributed by atoms with van der Waals surface area (Å²) in [6, 6.07) is 43.5. The second kappa shape index (κ2) is 9.32. The molecule has 0 aliphatic heterocycles. The van der Waals surface area contributed by atoms with Crippen molar-refractivity contribution < 1.29 is 18.3 Å². The van der Waals surface area contributed by atoms with E-state index in [2.05, 4.69) is 121 Å². The molecule has 0 aliphatic rings. The van der Waals surface area contributed by atoms with E-state index in [1.54, 1.807) is 0 Å². The Morgan fingerprint density at radius 3 is 0.970 bits per heavy atom. The molecule has 0 unspecified atom stereocenters. The maximum absolute atomic E-state index is 11.2. The molecule has 0 heterocycles. The van der Waals surface area contributed by atoms with Crippen molar-refractivity contribution in [2.75, 3.05) is 0 Å². The summed E-state index contributed by atoms with van der Waals surface area (Å²) in [6.45, 7) is 0. The van der Waals surface area contributed by atoms with Crippen LogP contribution in [0, 0.1) is 0 Å². The number of benzene rings is 4. The van der Waals surface area contributed by atoms with Crippen molar-refractivity contribution in [3.63, 3.8) is 0 Å². The third-order valence-corrected chi connectivity index (χ3v) is 10.8. The Labute approximate surface area is 197 Å². The summed E-state index contributed by atoms with van der Waals surface area (Å²) in [6.07, 6.45) is 0. The molecule has 0 atom stereocenters.